The van der Waals surface area contributed by atoms with Crippen LogP contribution in [0.3, 0.4) is 0 Å². The molecular formula is C16H20ClFN4OS. The van der Waals surface area contributed by atoms with E-state index in [1.807, 2.05) is 6.20 Å². The van der Waals surface area contributed by atoms with Gasteiger partial charge in [-0.05, 0) is 37.1 Å². The lowest BCUT2D eigenvalue weighted by atomic mass is 10.0. The molecule has 0 bridgehead atoms. The van der Waals surface area contributed by atoms with E-state index in [9.17, 15) is 9.18 Å². The number of nitrogen functional groups attached to an aromatic ring is 1. The van der Waals surface area contributed by atoms with E-state index in [1.165, 1.54) is 35.6 Å². The average Bonchev–Trinajstić information content (AvgIpc) is 2.95. The van der Waals surface area contributed by atoms with Crippen LogP contribution in [0.5, 0.6) is 0 Å². The van der Waals surface area contributed by atoms with Gasteiger partial charge in [0.15, 0.2) is 5.13 Å². The lowest BCUT2D eigenvalue weighted by molar-refractivity contribution is 0.0909. The van der Waals surface area contributed by atoms with E-state index in [-0.39, 0.29) is 30.2 Å². The number of carbonyl (C=O) groups excluding carboxylic acids is 1. The van der Waals surface area contributed by atoms with Crippen molar-refractivity contribution in [2.24, 2.45) is 0 Å². The number of nitrogens with one attached hydrogen (secondary N) is 1. The number of rotatable bonds is 4. The van der Waals surface area contributed by atoms with Crippen molar-refractivity contribution in [3.8, 4) is 0 Å². The average molecular weight is 371 g/mol. The van der Waals surface area contributed by atoms with E-state index >= 15 is 0 Å². The van der Waals surface area contributed by atoms with E-state index < -0.39 is 0 Å². The first-order chi connectivity index (χ1) is 11.1. The minimum absolute atomic E-state index is 0. The van der Waals surface area contributed by atoms with Crippen LogP contribution in [-0.4, -0.2) is 34.9 Å². The Morgan fingerprint density at radius 3 is 2.58 bits per heavy atom. The Hall–Kier alpha value is -1.70. The zero-order chi connectivity index (χ0) is 16.2. The number of halogens is 2. The Morgan fingerprint density at radius 1 is 1.33 bits per heavy atom. The molecule has 130 valence electrons. The molecule has 0 radical (unpaired) electrons. The number of amides is 1. The van der Waals surface area contributed by atoms with E-state index in [0.29, 0.717) is 10.7 Å². The SMILES string of the molecule is Cl.Nc1ncc(CN2CCC(NC(=O)c3ccc(F)cc3)CC2)s1. The molecular weight excluding hydrogens is 351 g/mol. The molecule has 0 unspecified atom stereocenters. The molecule has 3 rings (SSSR count). The van der Waals surface area contributed by atoms with E-state index in [1.54, 1.807) is 0 Å². The summed E-state index contributed by atoms with van der Waals surface area (Å²) >= 11 is 1.52. The Morgan fingerprint density at radius 2 is 2.00 bits per heavy atom. The summed E-state index contributed by atoms with van der Waals surface area (Å²) in [5, 5.41) is 3.62. The van der Waals surface area contributed by atoms with Gasteiger partial charge in [0.05, 0.1) is 0 Å². The molecule has 1 fully saturated rings. The van der Waals surface area contributed by atoms with Gasteiger partial charge < -0.3 is 11.1 Å². The highest BCUT2D eigenvalue weighted by Gasteiger charge is 2.21. The number of piperidine rings is 1. The van der Waals surface area contributed by atoms with Crippen LogP contribution in [0.4, 0.5) is 9.52 Å². The number of hydrogen-bond donors (Lipinski definition) is 2. The number of aromatic nitrogens is 1. The maximum absolute atomic E-state index is 12.9. The predicted octanol–water partition coefficient (Wildman–Crippen LogP) is 2.68. The third kappa shape index (κ3) is 4.90. The second-order valence-corrected chi connectivity index (χ2v) is 6.84. The lowest BCUT2D eigenvalue weighted by Crippen LogP contribution is -2.44. The molecule has 1 aromatic carbocycles. The third-order valence-corrected chi connectivity index (χ3v) is 4.79. The van der Waals surface area contributed by atoms with E-state index in [2.05, 4.69) is 15.2 Å². The number of likely N-dealkylation sites (tertiary alicyclic amines) is 1. The van der Waals surface area contributed by atoms with Gasteiger partial charge in [0.1, 0.15) is 5.82 Å². The van der Waals surface area contributed by atoms with Gasteiger partial charge in [-0.15, -0.1) is 23.7 Å². The maximum atomic E-state index is 12.9. The van der Waals surface area contributed by atoms with Crippen LogP contribution in [-0.2, 0) is 6.54 Å². The number of nitrogens with two attached hydrogens (primary N) is 1. The second kappa shape index (κ2) is 8.41. The number of hydrogen-bond acceptors (Lipinski definition) is 5. The van der Waals surface area contributed by atoms with Crippen LogP contribution in [0.15, 0.2) is 30.5 Å². The fraction of sp³-hybridized carbons (Fsp3) is 0.375. The molecule has 1 aromatic heterocycles. The largest absolute Gasteiger partial charge is 0.375 e. The normalized spacial score (nSPS) is 15.7. The van der Waals surface area contributed by atoms with Gasteiger partial charge in [0, 0.05) is 42.3 Å². The summed E-state index contributed by atoms with van der Waals surface area (Å²) in [5.74, 6) is -0.475. The minimum Gasteiger partial charge on any atom is -0.375 e. The van der Waals surface area contributed by atoms with Gasteiger partial charge in [-0.1, -0.05) is 0 Å². The molecule has 2 heterocycles. The Labute approximate surface area is 150 Å². The van der Waals surface area contributed by atoms with Crippen molar-refractivity contribution in [1.82, 2.24) is 15.2 Å². The lowest BCUT2D eigenvalue weighted by Gasteiger charge is -2.31. The first-order valence-corrected chi connectivity index (χ1v) is 8.41. The maximum Gasteiger partial charge on any atom is 0.251 e. The molecule has 1 amide bonds. The molecule has 0 saturated carbocycles. The van der Waals surface area contributed by atoms with Crippen LogP contribution in [0, 0.1) is 5.82 Å². The van der Waals surface area contributed by atoms with E-state index in [0.717, 1.165) is 37.4 Å². The van der Waals surface area contributed by atoms with Gasteiger partial charge in [-0.3, -0.25) is 9.69 Å². The third-order valence-electron chi connectivity index (χ3n) is 3.98. The van der Waals surface area contributed by atoms with Crippen molar-refractivity contribution in [2.75, 3.05) is 18.8 Å². The summed E-state index contributed by atoms with van der Waals surface area (Å²) in [4.78, 5) is 19.7. The fourth-order valence-electron chi connectivity index (χ4n) is 2.72. The molecule has 1 aliphatic heterocycles. The smallest absolute Gasteiger partial charge is 0.251 e. The summed E-state index contributed by atoms with van der Waals surface area (Å²) in [6, 6.07) is 5.79. The Kier molecular flexibility index (Phi) is 6.53. The minimum atomic E-state index is -0.335. The number of thiazole rings is 1. The van der Waals surface area contributed by atoms with Crippen molar-refractivity contribution in [1.29, 1.82) is 0 Å². The second-order valence-electron chi connectivity index (χ2n) is 5.70. The standard InChI is InChI=1S/C16H19FN4OS.ClH/c17-12-3-1-11(2-4-12)15(22)20-13-5-7-21(8-6-13)10-14-9-19-16(18)23-14;/h1-4,9,13H,5-8,10H2,(H2,18,19)(H,20,22);1H. The Balaban J connectivity index is 0.00000208. The Bertz CT molecular complexity index is 671. The van der Waals surface area contributed by atoms with Crippen LogP contribution in [0.1, 0.15) is 28.1 Å². The monoisotopic (exact) mass is 370 g/mol. The fourth-order valence-corrected chi connectivity index (χ4v) is 3.45. The number of benzene rings is 1. The molecule has 24 heavy (non-hydrogen) atoms. The predicted molar refractivity (Wildman–Crippen MR) is 95.9 cm³/mol. The van der Waals surface area contributed by atoms with Crippen molar-refractivity contribution < 1.29 is 9.18 Å². The highest BCUT2D eigenvalue weighted by Crippen LogP contribution is 2.19. The van der Waals surface area contributed by atoms with Crippen LogP contribution >= 0.6 is 23.7 Å². The summed E-state index contributed by atoms with van der Waals surface area (Å²) in [6.45, 7) is 2.70. The summed E-state index contributed by atoms with van der Waals surface area (Å²) in [5.41, 5.74) is 6.14. The highest BCUT2D eigenvalue weighted by atomic mass is 35.5. The van der Waals surface area contributed by atoms with Crippen LogP contribution in [0.2, 0.25) is 0 Å². The van der Waals surface area contributed by atoms with Gasteiger partial charge >= 0.3 is 0 Å². The first kappa shape index (κ1) is 18.6. The summed E-state index contributed by atoms with van der Waals surface area (Å²) in [7, 11) is 0. The summed E-state index contributed by atoms with van der Waals surface area (Å²) in [6.07, 6.45) is 3.63. The molecule has 0 atom stereocenters. The van der Waals surface area contributed by atoms with Gasteiger partial charge in [-0.2, -0.15) is 0 Å². The highest BCUT2D eigenvalue weighted by molar-refractivity contribution is 7.15. The molecule has 1 aliphatic rings. The van der Waals surface area contributed by atoms with E-state index in [4.69, 9.17) is 5.73 Å². The summed E-state index contributed by atoms with van der Waals surface area (Å²) < 4.78 is 12.9. The van der Waals surface area contributed by atoms with Crippen LogP contribution < -0.4 is 11.1 Å². The molecule has 8 heteroatoms. The molecule has 0 spiro atoms. The van der Waals surface area contributed by atoms with Crippen LogP contribution in [0.25, 0.3) is 0 Å². The molecule has 5 nitrogen and oxygen atoms in total. The zero-order valence-electron chi connectivity index (χ0n) is 13.1. The number of carbonyl (C=O) groups is 1. The van der Waals surface area contributed by atoms with Gasteiger partial charge in [0.2, 0.25) is 0 Å². The van der Waals surface area contributed by atoms with Gasteiger partial charge in [-0.25, -0.2) is 9.37 Å². The quantitative estimate of drug-likeness (QED) is 0.868. The van der Waals surface area contributed by atoms with Gasteiger partial charge in [0.25, 0.3) is 5.91 Å². The molecule has 2 aromatic rings. The topological polar surface area (TPSA) is 71.2 Å². The zero-order valence-corrected chi connectivity index (χ0v) is 14.7. The van der Waals surface area contributed by atoms with Crippen molar-refractivity contribution in [3.05, 3.63) is 46.7 Å². The molecule has 1 saturated heterocycles. The molecule has 0 aliphatic carbocycles. The first-order valence-electron chi connectivity index (χ1n) is 7.59. The number of nitrogens with zero attached hydrogens (tertiary/aromatic N) is 2. The van der Waals surface area contributed by atoms with Crippen molar-refractivity contribution >= 4 is 34.8 Å². The van der Waals surface area contributed by atoms with Crippen molar-refractivity contribution in [3.63, 3.8) is 0 Å². The number of anilines is 1. The molecule has 3 N–H and O–H groups in total. The van der Waals surface area contributed by atoms with Crippen molar-refractivity contribution in [2.45, 2.75) is 25.4 Å².